The summed E-state index contributed by atoms with van der Waals surface area (Å²) in [5, 5.41) is 4.79. The first-order valence-electron chi connectivity index (χ1n) is 10.3. The van der Waals surface area contributed by atoms with Crippen LogP contribution in [0.1, 0.15) is 32.7 Å². The van der Waals surface area contributed by atoms with Gasteiger partial charge in [-0.05, 0) is 61.2 Å². The average Bonchev–Trinajstić information content (AvgIpc) is 3.40. The van der Waals surface area contributed by atoms with E-state index >= 15 is 0 Å². The van der Waals surface area contributed by atoms with E-state index in [9.17, 15) is 4.79 Å². The Morgan fingerprint density at radius 1 is 0.933 bits per heavy atom. The van der Waals surface area contributed by atoms with Crippen LogP contribution in [-0.2, 0) is 13.0 Å². The molecule has 5 rings (SSSR count). The summed E-state index contributed by atoms with van der Waals surface area (Å²) in [4.78, 5) is 15.7. The molecule has 2 aromatic carbocycles. The molecule has 1 aliphatic rings. The summed E-state index contributed by atoms with van der Waals surface area (Å²) >= 11 is 0. The number of amides is 1. The van der Waals surface area contributed by atoms with Crippen LogP contribution >= 0.6 is 0 Å². The molecule has 3 heterocycles. The van der Waals surface area contributed by atoms with E-state index in [1.807, 2.05) is 63.8 Å². The number of rotatable bonds is 3. The molecular weight excluding hydrogens is 372 g/mol. The van der Waals surface area contributed by atoms with Crippen LogP contribution in [0.2, 0.25) is 0 Å². The number of hydrogen-bond donors (Lipinski definition) is 0. The minimum atomic E-state index is 0.0320. The molecule has 2 aromatic heterocycles. The van der Waals surface area contributed by atoms with Crippen LogP contribution in [0.15, 0.2) is 73.1 Å². The van der Waals surface area contributed by atoms with Gasteiger partial charge < -0.3 is 9.47 Å². The average molecular weight is 396 g/mol. The van der Waals surface area contributed by atoms with Crippen molar-refractivity contribution in [3.05, 3.63) is 101 Å². The number of aryl methyl sites for hydroxylation is 2. The highest BCUT2D eigenvalue weighted by atomic mass is 16.2. The molecule has 30 heavy (non-hydrogen) atoms. The SMILES string of the molecule is Cc1cccc(-n2nc(C)c(C(=O)N3CCc4ccccc4C3)c2-n2cccc2)c1. The minimum Gasteiger partial charge on any atom is -0.334 e. The van der Waals surface area contributed by atoms with Gasteiger partial charge in [-0.3, -0.25) is 4.79 Å². The van der Waals surface area contributed by atoms with Crippen molar-refractivity contribution in [3.63, 3.8) is 0 Å². The van der Waals surface area contributed by atoms with Crippen LogP contribution in [0.25, 0.3) is 11.5 Å². The van der Waals surface area contributed by atoms with Crippen LogP contribution in [0.4, 0.5) is 0 Å². The van der Waals surface area contributed by atoms with Crippen molar-refractivity contribution in [2.24, 2.45) is 0 Å². The number of carbonyl (C=O) groups excluding carboxylic acids is 1. The Balaban J connectivity index is 1.61. The van der Waals surface area contributed by atoms with E-state index in [1.165, 1.54) is 11.1 Å². The van der Waals surface area contributed by atoms with Gasteiger partial charge in [0.25, 0.3) is 5.91 Å². The molecule has 0 unspecified atom stereocenters. The molecule has 0 fully saturated rings. The molecule has 4 aromatic rings. The number of aromatic nitrogens is 3. The lowest BCUT2D eigenvalue weighted by Gasteiger charge is -2.29. The number of nitrogens with zero attached hydrogens (tertiary/aromatic N) is 4. The molecule has 0 bridgehead atoms. The monoisotopic (exact) mass is 396 g/mol. The van der Waals surface area contributed by atoms with Crippen LogP contribution < -0.4 is 0 Å². The molecule has 0 N–H and O–H groups in total. The third-order valence-electron chi connectivity index (χ3n) is 5.76. The summed E-state index contributed by atoms with van der Waals surface area (Å²) in [6, 6.07) is 20.5. The van der Waals surface area contributed by atoms with Gasteiger partial charge in [0.2, 0.25) is 0 Å². The van der Waals surface area contributed by atoms with E-state index in [4.69, 9.17) is 5.10 Å². The number of hydrogen-bond acceptors (Lipinski definition) is 2. The zero-order valence-electron chi connectivity index (χ0n) is 17.2. The van der Waals surface area contributed by atoms with Crippen molar-refractivity contribution in [1.82, 2.24) is 19.2 Å². The van der Waals surface area contributed by atoms with Crippen LogP contribution in [0.5, 0.6) is 0 Å². The molecule has 0 atom stereocenters. The van der Waals surface area contributed by atoms with Gasteiger partial charge in [0.1, 0.15) is 5.56 Å². The van der Waals surface area contributed by atoms with Gasteiger partial charge in [-0.2, -0.15) is 5.10 Å². The molecule has 0 saturated heterocycles. The van der Waals surface area contributed by atoms with Gasteiger partial charge >= 0.3 is 0 Å². The molecule has 0 radical (unpaired) electrons. The molecule has 0 spiro atoms. The Morgan fingerprint density at radius 2 is 1.70 bits per heavy atom. The molecule has 5 nitrogen and oxygen atoms in total. The lowest BCUT2D eigenvalue weighted by molar-refractivity contribution is 0.0734. The molecule has 5 heteroatoms. The maximum absolute atomic E-state index is 13.7. The zero-order valence-corrected chi connectivity index (χ0v) is 17.2. The van der Waals surface area contributed by atoms with Crippen LogP contribution in [0, 0.1) is 13.8 Å². The van der Waals surface area contributed by atoms with E-state index in [2.05, 4.69) is 37.3 Å². The van der Waals surface area contributed by atoms with Crippen molar-refractivity contribution in [3.8, 4) is 11.5 Å². The first kappa shape index (κ1) is 18.4. The Labute approximate surface area is 176 Å². The Morgan fingerprint density at radius 3 is 2.47 bits per heavy atom. The fourth-order valence-electron chi connectivity index (χ4n) is 4.25. The molecule has 0 aliphatic carbocycles. The number of carbonyl (C=O) groups is 1. The first-order valence-corrected chi connectivity index (χ1v) is 10.3. The fourth-order valence-corrected chi connectivity index (χ4v) is 4.25. The van der Waals surface area contributed by atoms with Gasteiger partial charge in [0, 0.05) is 25.5 Å². The van der Waals surface area contributed by atoms with Gasteiger partial charge in [-0.25, -0.2) is 4.68 Å². The van der Waals surface area contributed by atoms with E-state index in [0.29, 0.717) is 12.1 Å². The highest BCUT2D eigenvalue weighted by Crippen LogP contribution is 2.27. The Kier molecular flexibility index (Phi) is 4.51. The van der Waals surface area contributed by atoms with Gasteiger partial charge in [0.15, 0.2) is 5.82 Å². The summed E-state index contributed by atoms with van der Waals surface area (Å²) in [6.45, 7) is 5.34. The lowest BCUT2D eigenvalue weighted by atomic mass is 9.99. The summed E-state index contributed by atoms with van der Waals surface area (Å²) < 4.78 is 3.86. The van der Waals surface area contributed by atoms with Crippen molar-refractivity contribution in [2.45, 2.75) is 26.8 Å². The van der Waals surface area contributed by atoms with E-state index in [0.717, 1.165) is 35.7 Å². The predicted molar refractivity (Wildman–Crippen MR) is 117 cm³/mol. The summed E-state index contributed by atoms with van der Waals surface area (Å²) in [6.07, 6.45) is 4.81. The second-order valence-corrected chi connectivity index (χ2v) is 7.87. The summed E-state index contributed by atoms with van der Waals surface area (Å²) in [7, 11) is 0. The van der Waals surface area contributed by atoms with E-state index < -0.39 is 0 Å². The quantitative estimate of drug-likeness (QED) is 0.512. The van der Waals surface area contributed by atoms with Crippen molar-refractivity contribution < 1.29 is 4.79 Å². The maximum atomic E-state index is 13.7. The maximum Gasteiger partial charge on any atom is 0.259 e. The summed E-state index contributed by atoms with van der Waals surface area (Å²) in [5.41, 5.74) is 6.06. The number of fused-ring (bicyclic) bond motifs is 1. The minimum absolute atomic E-state index is 0.0320. The largest absolute Gasteiger partial charge is 0.334 e. The van der Waals surface area contributed by atoms with Crippen LogP contribution in [0.3, 0.4) is 0 Å². The van der Waals surface area contributed by atoms with Crippen molar-refractivity contribution in [2.75, 3.05) is 6.54 Å². The van der Waals surface area contributed by atoms with Gasteiger partial charge in [-0.15, -0.1) is 0 Å². The smallest absolute Gasteiger partial charge is 0.259 e. The second kappa shape index (κ2) is 7.34. The van der Waals surface area contributed by atoms with Crippen molar-refractivity contribution in [1.29, 1.82) is 0 Å². The normalized spacial score (nSPS) is 13.3. The van der Waals surface area contributed by atoms with Crippen LogP contribution in [-0.4, -0.2) is 31.7 Å². The lowest BCUT2D eigenvalue weighted by Crippen LogP contribution is -2.36. The molecule has 0 saturated carbocycles. The highest BCUT2D eigenvalue weighted by molar-refractivity contribution is 5.98. The van der Waals surface area contributed by atoms with Gasteiger partial charge in [-0.1, -0.05) is 36.4 Å². The second-order valence-electron chi connectivity index (χ2n) is 7.87. The fraction of sp³-hybridized carbons (Fsp3) is 0.200. The zero-order chi connectivity index (χ0) is 20.7. The molecule has 1 aliphatic heterocycles. The Bertz CT molecular complexity index is 1220. The third kappa shape index (κ3) is 3.12. The third-order valence-corrected chi connectivity index (χ3v) is 5.76. The Hall–Kier alpha value is -3.60. The molecular formula is C25H24N4O. The van der Waals surface area contributed by atoms with E-state index in [1.54, 1.807) is 0 Å². The summed E-state index contributed by atoms with van der Waals surface area (Å²) in [5.74, 6) is 0.816. The topological polar surface area (TPSA) is 43.1 Å². The number of benzene rings is 2. The van der Waals surface area contributed by atoms with E-state index in [-0.39, 0.29) is 5.91 Å². The predicted octanol–water partition coefficient (Wildman–Crippen LogP) is 4.48. The van der Waals surface area contributed by atoms with Crippen molar-refractivity contribution >= 4 is 5.91 Å². The molecule has 150 valence electrons. The standard InChI is InChI=1S/C25H24N4O/c1-18-8-7-11-22(16-18)29-24(27-13-5-6-14-27)23(19(2)26-29)25(30)28-15-12-20-9-3-4-10-21(20)17-28/h3-11,13-14,16H,12,15,17H2,1-2H3. The first-order chi connectivity index (χ1) is 14.6. The highest BCUT2D eigenvalue weighted by Gasteiger charge is 2.29. The van der Waals surface area contributed by atoms with Gasteiger partial charge in [0.05, 0.1) is 11.4 Å². The molecule has 1 amide bonds.